The maximum absolute atomic E-state index is 12.6. The van der Waals surface area contributed by atoms with Crippen molar-refractivity contribution in [3.05, 3.63) is 16.1 Å². The average Bonchev–Trinajstić information content (AvgIpc) is 3.10. The van der Waals surface area contributed by atoms with Crippen molar-refractivity contribution in [1.82, 2.24) is 20.1 Å². The molecule has 0 saturated carbocycles. The third-order valence-corrected chi connectivity index (χ3v) is 6.74. The molecular weight excluding hydrogens is 332 g/mol. The molecule has 0 aromatic carbocycles. The zero-order valence-electron chi connectivity index (χ0n) is 15.7. The molecule has 25 heavy (non-hydrogen) atoms. The van der Waals surface area contributed by atoms with Gasteiger partial charge in [-0.15, -0.1) is 11.3 Å². The van der Waals surface area contributed by atoms with Crippen LogP contribution in [0.1, 0.15) is 43.8 Å². The Kier molecular flexibility index (Phi) is 6.84. The van der Waals surface area contributed by atoms with Crippen molar-refractivity contribution in [3.63, 3.8) is 0 Å². The summed E-state index contributed by atoms with van der Waals surface area (Å²) in [5.74, 6) is 1.58. The second-order valence-corrected chi connectivity index (χ2v) is 8.45. The van der Waals surface area contributed by atoms with Gasteiger partial charge in [0.1, 0.15) is 0 Å². The Morgan fingerprint density at radius 2 is 2.04 bits per heavy atom. The van der Waals surface area contributed by atoms with Crippen LogP contribution in [0.15, 0.2) is 5.38 Å². The molecule has 2 fully saturated rings. The number of carbonyl (C=O) groups excluding carboxylic acids is 1. The van der Waals surface area contributed by atoms with E-state index < -0.39 is 0 Å². The van der Waals surface area contributed by atoms with Crippen LogP contribution in [0, 0.1) is 11.8 Å². The predicted octanol–water partition coefficient (Wildman–Crippen LogP) is 2.38. The zero-order chi connectivity index (χ0) is 17.6. The van der Waals surface area contributed by atoms with Gasteiger partial charge in [0.2, 0.25) is 5.91 Å². The Bertz CT molecular complexity index is 547. The van der Waals surface area contributed by atoms with Crippen LogP contribution in [-0.2, 0) is 17.8 Å². The van der Waals surface area contributed by atoms with Crippen LogP contribution in [0.3, 0.4) is 0 Å². The van der Waals surface area contributed by atoms with Crippen molar-refractivity contribution in [3.8, 4) is 0 Å². The van der Waals surface area contributed by atoms with Crippen LogP contribution in [0.5, 0.6) is 0 Å². The lowest BCUT2D eigenvalue weighted by molar-refractivity contribution is -0.134. The first-order chi connectivity index (χ1) is 12.2. The summed E-state index contributed by atoms with van der Waals surface area (Å²) in [6.45, 7) is 11.2. The third-order valence-electron chi connectivity index (χ3n) is 5.70. The highest BCUT2D eigenvalue weighted by atomic mass is 32.1. The predicted molar refractivity (Wildman–Crippen MR) is 103 cm³/mol. The number of piperidine rings is 1. The summed E-state index contributed by atoms with van der Waals surface area (Å²) in [6.07, 6.45) is 4.17. The third kappa shape index (κ3) is 5.25. The summed E-state index contributed by atoms with van der Waals surface area (Å²) in [4.78, 5) is 21.8. The van der Waals surface area contributed by atoms with E-state index >= 15 is 0 Å². The Morgan fingerprint density at radius 3 is 2.68 bits per heavy atom. The van der Waals surface area contributed by atoms with Gasteiger partial charge < -0.3 is 10.2 Å². The van der Waals surface area contributed by atoms with E-state index in [1.807, 2.05) is 0 Å². The fourth-order valence-corrected chi connectivity index (χ4v) is 4.69. The van der Waals surface area contributed by atoms with Crippen LogP contribution >= 0.6 is 11.3 Å². The van der Waals surface area contributed by atoms with Gasteiger partial charge in [0.05, 0.1) is 10.7 Å². The second-order valence-electron chi connectivity index (χ2n) is 7.51. The summed E-state index contributed by atoms with van der Waals surface area (Å²) in [5.41, 5.74) is 1.18. The van der Waals surface area contributed by atoms with Crippen LogP contribution in [0.4, 0.5) is 0 Å². The quantitative estimate of drug-likeness (QED) is 0.842. The van der Waals surface area contributed by atoms with E-state index in [1.54, 1.807) is 11.3 Å². The molecule has 140 valence electrons. The number of rotatable bonds is 6. The van der Waals surface area contributed by atoms with Crippen molar-refractivity contribution < 1.29 is 4.79 Å². The van der Waals surface area contributed by atoms with Gasteiger partial charge in [0.25, 0.3) is 0 Å². The van der Waals surface area contributed by atoms with Crippen LogP contribution in [0.2, 0.25) is 0 Å². The molecular formula is C19H32N4OS. The molecule has 1 aromatic heterocycles. The van der Waals surface area contributed by atoms with Gasteiger partial charge in [-0.3, -0.25) is 9.69 Å². The summed E-state index contributed by atoms with van der Waals surface area (Å²) in [6, 6.07) is 0. The van der Waals surface area contributed by atoms with Gasteiger partial charge in [0.15, 0.2) is 0 Å². The van der Waals surface area contributed by atoms with E-state index in [0.717, 1.165) is 58.7 Å². The molecule has 1 unspecified atom stereocenters. The van der Waals surface area contributed by atoms with Gasteiger partial charge in [-0.1, -0.05) is 13.8 Å². The molecule has 3 heterocycles. The highest BCUT2D eigenvalue weighted by molar-refractivity contribution is 7.09. The Morgan fingerprint density at radius 1 is 1.32 bits per heavy atom. The van der Waals surface area contributed by atoms with Gasteiger partial charge in [-0.05, 0) is 44.2 Å². The van der Waals surface area contributed by atoms with E-state index in [0.29, 0.717) is 17.7 Å². The van der Waals surface area contributed by atoms with Crippen molar-refractivity contribution >= 4 is 17.2 Å². The highest BCUT2D eigenvalue weighted by Crippen LogP contribution is 2.25. The van der Waals surface area contributed by atoms with Crippen LogP contribution in [-0.4, -0.2) is 60.0 Å². The fourth-order valence-electron chi connectivity index (χ4n) is 3.95. The second kappa shape index (κ2) is 9.10. The van der Waals surface area contributed by atoms with Crippen molar-refractivity contribution in [2.24, 2.45) is 11.8 Å². The van der Waals surface area contributed by atoms with E-state index in [9.17, 15) is 4.79 Å². The lowest BCUT2D eigenvalue weighted by Crippen LogP contribution is -2.48. The number of thiazole rings is 1. The molecule has 1 aromatic rings. The normalized spacial score (nSPS) is 21.4. The van der Waals surface area contributed by atoms with Crippen LogP contribution in [0.25, 0.3) is 0 Å². The topological polar surface area (TPSA) is 48.5 Å². The molecule has 2 saturated heterocycles. The van der Waals surface area contributed by atoms with E-state index in [1.165, 1.54) is 23.5 Å². The summed E-state index contributed by atoms with van der Waals surface area (Å²) < 4.78 is 0. The molecule has 5 nitrogen and oxygen atoms in total. The maximum atomic E-state index is 12.6. The monoisotopic (exact) mass is 364 g/mol. The smallest absolute Gasteiger partial charge is 0.222 e. The number of hydrogen-bond acceptors (Lipinski definition) is 5. The number of hydrogen-bond donors (Lipinski definition) is 1. The number of carbonyl (C=O) groups is 1. The number of nitrogens with zero attached hydrogens (tertiary/aromatic N) is 3. The fraction of sp³-hybridized carbons (Fsp3) is 0.789. The summed E-state index contributed by atoms with van der Waals surface area (Å²) >= 11 is 1.76. The summed E-state index contributed by atoms with van der Waals surface area (Å²) in [5, 5.41) is 6.81. The van der Waals surface area contributed by atoms with Gasteiger partial charge >= 0.3 is 0 Å². The Labute approximate surface area is 155 Å². The lowest BCUT2D eigenvalue weighted by atomic mass is 9.84. The van der Waals surface area contributed by atoms with Gasteiger partial charge in [-0.2, -0.15) is 0 Å². The minimum Gasteiger partial charge on any atom is -0.340 e. The molecule has 3 rings (SSSR count). The minimum absolute atomic E-state index is 0.354. The van der Waals surface area contributed by atoms with E-state index in [2.05, 4.69) is 39.3 Å². The number of aromatic nitrogens is 1. The molecule has 1 atom stereocenters. The average molecular weight is 365 g/mol. The molecule has 0 aliphatic carbocycles. The maximum Gasteiger partial charge on any atom is 0.222 e. The first-order valence-electron chi connectivity index (χ1n) is 9.79. The Balaban J connectivity index is 1.41. The zero-order valence-corrected chi connectivity index (χ0v) is 16.5. The number of amides is 1. The molecule has 6 heteroatoms. The highest BCUT2D eigenvalue weighted by Gasteiger charge is 2.26. The summed E-state index contributed by atoms with van der Waals surface area (Å²) in [7, 11) is 0. The van der Waals surface area contributed by atoms with Crippen LogP contribution < -0.4 is 5.32 Å². The SMILES string of the molecule is CCc1nc(CN2CCN(C(=O)CC(C)C3CCNCC3)CC2)cs1. The molecule has 0 radical (unpaired) electrons. The molecule has 1 amide bonds. The lowest BCUT2D eigenvalue weighted by Gasteiger charge is -2.36. The molecule has 2 aliphatic rings. The van der Waals surface area contributed by atoms with Crippen molar-refractivity contribution in [2.45, 2.75) is 46.1 Å². The van der Waals surface area contributed by atoms with E-state index in [4.69, 9.17) is 0 Å². The number of nitrogens with one attached hydrogen (secondary N) is 1. The molecule has 0 spiro atoms. The molecule has 2 aliphatic heterocycles. The van der Waals surface area contributed by atoms with E-state index in [-0.39, 0.29) is 0 Å². The largest absolute Gasteiger partial charge is 0.340 e. The molecule has 0 bridgehead atoms. The number of piperazine rings is 1. The Hall–Kier alpha value is -0.980. The van der Waals surface area contributed by atoms with Gasteiger partial charge in [-0.25, -0.2) is 4.98 Å². The number of aryl methyl sites for hydroxylation is 1. The first kappa shape index (κ1) is 18.8. The standard InChI is InChI=1S/C19H32N4OS/c1-3-18-21-17(14-25-18)13-22-8-10-23(11-9-22)19(24)12-15(2)16-4-6-20-7-5-16/h14-16,20H,3-13H2,1-2H3. The molecule has 1 N–H and O–H groups in total. The van der Waals surface area contributed by atoms with Gasteiger partial charge in [0, 0.05) is 44.5 Å². The van der Waals surface area contributed by atoms with Crippen molar-refractivity contribution in [1.29, 1.82) is 0 Å². The minimum atomic E-state index is 0.354. The first-order valence-corrected chi connectivity index (χ1v) is 10.7. The van der Waals surface area contributed by atoms with Crippen molar-refractivity contribution in [2.75, 3.05) is 39.3 Å².